The van der Waals surface area contributed by atoms with Gasteiger partial charge < -0.3 is 4.90 Å². The molecule has 20 heavy (non-hydrogen) atoms. The Hall–Kier alpha value is -1.53. The van der Waals surface area contributed by atoms with Gasteiger partial charge in [0, 0.05) is 19.3 Å². The zero-order valence-electron chi connectivity index (χ0n) is 11.6. The van der Waals surface area contributed by atoms with E-state index >= 15 is 0 Å². The van der Waals surface area contributed by atoms with Gasteiger partial charge in [-0.3, -0.25) is 14.6 Å². The third-order valence-corrected chi connectivity index (χ3v) is 4.13. The van der Waals surface area contributed by atoms with Crippen molar-refractivity contribution in [1.82, 2.24) is 24.6 Å². The molecule has 0 aromatic carbocycles. The zero-order chi connectivity index (χ0) is 13.9. The fourth-order valence-electron chi connectivity index (χ4n) is 2.86. The third-order valence-electron chi connectivity index (χ3n) is 3.82. The van der Waals surface area contributed by atoms with E-state index in [-0.39, 0.29) is 0 Å². The lowest BCUT2D eigenvalue weighted by Crippen LogP contribution is -2.34. The Labute approximate surface area is 123 Å². The molecule has 1 atom stereocenters. The molecular weight excluding hydrogens is 270 g/mol. The average molecular weight is 289 g/mol. The molecule has 0 saturated carbocycles. The molecule has 5 nitrogen and oxygen atoms in total. The molecule has 0 aliphatic carbocycles. The van der Waals surface area contributed by atoms with Crippen LogP contribution in [0.3, 0.4) is 0 Å². The molecule has 3 rings (SSSR count). The summed E-state index contributed by atoms with van der Waals surface area (Å²) in [5, 5.41) is 7.24. The van der Waals surface area contributed by atoms with E-state index in [1.807, 2.05) is 18.2 Å². The van der Waals surface area contributed by atoms with Crippen LogP contribution in [-0.4, -0.2) is 44.8 Å². The summed E-state index contributed by atoms with van der Waals surface area (Å²) < 4.78 is 2.76. The minimum Gasteiger partial charge on any atom is -0.306 e. The van der Waals surface area contributed by atoms with Crippen LogP contribution in [0.25, 0.3) is 11.5 Å². The molecule has 0 spiro atoms. The molecule has 1 aliphatic rings. The fourth-order valence-corrected chi connectivity index (χ4v) is 3.06. The van der Waals surface area contributed by atoms with Crippen LogP contribution in [0.1, 0.15) is 12.8 Å². The van der Waals surface area contributed by atoms with Crippen LogP contribution in [0, 0.1) is 10.7 Å². The smallest absolute Gasteiger partial charge is 0.195 e. The Bertz CT molecular complexity index is 618. The van der Waals surface area contributed by atoms with Gasteiger partial charge in [0.1, 0.15) is 5.69 Å². The van der Waals surface area contributed by atoms with Gasteiger partial charge in [-0.2, -0.15) is 5.10 Å². The normalized spacial score (nSPS) is 20.1. The van der Waals surface area contributed by atoms with E-state index in [1.165, 1.54) is 19.4 Å². The highest BCUT2D eigenvalue weighted by molar-refractivity contribution is 7.71. The summed E-state index contributed by atoms with van der Waals surface area (Å²) in [6, 6.07) is 5.85. The van der Waals surface area contributed by atoms with Gasteiger partial charge in [0.25, 0.3) is 0 Å². The van der Waals surface area contributed by atoms with Crippen molar-refractivity contribution >= 4 is 12.2 Å². The van der Waals surface area contributed by atoms with Crippen LogP contribution < -0.4 is 0 Å². The molecule has 0 amide bonds. The maximum absolute atomic E-state index is 5.37. The number of aromatic nitrogens is 4. The number of pyridine rings is 1. The van der Waals surface area contributed by atoms with E-state index in [1.54, 1.807) is 6.20 Å². The van der Waals surface area contributed by atoms with Crippen LogP contribution in [0.15, 0.2) is 24.4 Å². The minimum atomic E-state index is 0.625. The Morgan fingerprint density at radius 1 is 1.45 bits per heavy atom. The topological polar surface area (TPSA) is 49.7 Å². The predicted molar refractivity (Wildman–Crippen MR) is 80.9 cm³/mol. The lowest BCUT2D eigenvalue weighted by Gasteiger charge is -2.29. The van der Waals surface area contributed by atoms with Crippen molar-refractivity contribution in [3.05, 3.63) is 29.2 Å². The number of piperidine rings is 1. The summed E-state index contributed by atoms with van der Waals surface area (Å²) in [4.78, 5) is 6.76. The van der Waals surface area contributed by atoms with Crippen molar-refractivity contribution in [3.8, 4) is 11.5 Å². The second-order valence-electron chi connectivity index (χ2n) is 5.45. The summed E-state index contributed by atoms with van der Waals surface area (Å²) in [6.45, 7) is 3.22. The SMILES string of the molecule is CN1CCCC(Cn2c(-c3ccccn3)n[nH]c2=S)C1. The van der Waals surface area contributed by atoms with Crippen LogP contribution in [0.4, 0.5) is 0 Å². The van der Waals surface area contributed by atoms with Gasteiger partial charge in [-0.1, -0.05) is 6.07 Å². The van der Waals surface area contributed by atoms with Crippen molar-refractivity contribution in [2.75, 3.05) is 20.1 Å². The summed E-state index contributed by atoms with van der Waals surface area (Å²) in [7, 11) is 2.18. The van der Waals surface area contributed by atoms with Gasteiger partial charge in [-0.05, 0) is 56.7 Å². The number of hydrogen-bond donors (Lipinski definition) is 1. The van der Waals surface area contributed by atoms with Gasteiger partial charge in [0.2, 0.25) is 0 Å². The maximum Gasteiger partial charge on any atom is 0.195 e. The average Bonchev–Trinajstić information content (AvgIpc) is 2.81. The molecule has 106 valence electrons. The van der Waals surface area contributed by atoms with Crippen molar-refractivity contribution in [1.29, 1.82) is 0 Å². The molecule has 0 radical (unpaired) electrons. The van der Waals surface area contributed by atoms with Gasteiger partial charge in [0.05, 0.1) is 0 Å². The highest BCUT2D eigenvalue weighted by Crippen LogP contribution is 2.21. The first-order valence-electron chi connectivity index (χ1n) is 6.99. The predicted octanol–water partition coefficient (Wildman–Crippen LogP) is 2.34. The maximum atomic E-state index is 5.37. The number of likely N-dealkylation sites (tertiary alicyclic amines) is 1. The number of hydrogen-bond acceptors (Lipinski definition) is 4. The molecule has 2 aromatic heterocycles. The first-order valence-corrected chi connectivity index (χ1v) is 7.40. The van der Waals surface area contributed by atoms with Crippen molar-refractivity contribution in [2.24, 2.45) is 5.92 Å². The van der Waals surface area contributed by atoms with Crippen LogP contribution >= 0.6 is 12.2 Å². The molecule has 2 aromatic rings. The Morgan fingerprint density at radius 2 is 2.35 bits per heavy atom. The summed E-state index contributed by atoms with van der Waals surface area (Å²) in [5.41, 5.74) is 0.865. The summed E-state index contributed by atoms with van der Waals surface area (Å²) >= 11 is 5.37. The number of aromatic amines is 1. The minimum absolute atomic E-state index is 0.625. The van der Waals surface area contributed by atoms with E-state index in [2.05, 4.69) is 31.7 Å². The molecule has 1 N–H and O–H groups in total. The number of H-pyrrole nitrogens is 1. The lowest BCUT2D eigenvalue weighted by atomic mass is 9.98. The van der Waals surface area contributed by atoms with Crippen LogP contribution in [-0.2, 0) is 6.54 Å². The fraction of sp³-hybridized carbons (Fsp3) is 0.500. The van der Waals surface area contributed by atoms with Crippen LogP contribution in [0.2, 0.25) is 0 Å². The molecule has 0 bridgehead atoms. The molecule has 6 heteroatoms. The number of nitrogens with one attached hydrogen (secondary N) is 1. The summed E-state index contributed by atoms with van der Waals surface area (Å²) in [5.74, 6) is 1.46. The standard InChI is InChI=1S/C14H19N5S/c1-18-8-4-5-11(9-18)10-19-13(16-17-14(19)20)12-6-2-3-7-15-12/h2-3,6-7,11H,4-5,8-10H2,1H3,(H,17,20). The van der Waals surface area contributed by atoms with E-state index in [0.717, 1.165) is 24.6 Å². The molecular formula is C14H19N5S. The monoisotopic (exact) mass is 289 g/mol. The Balaban J connectivity index is 1.86. The zero-order valence-corrected chi connectivity index (χ0v) is 12.4. The first-order chi connectivity index (χ1) is 9.74. The van der Waals surface area contributed by atoms with Gasteiger partial charge in [-0.25, -0.2) is 0 Å². The lowest BCUT2D eigenvalue weighted by molar-refractivity contribution is 0.194. The first kappa shape index (κ1) is 13.5. The largest absolute Gasteiger partial charge is 0.306 e. The second-order valence-corrected chi connectivity index (χ2v) is 5.84. The second kappa shape index (κ2) is 5.85. The van der Waals surface area contributed by atoms with Gasteiger partial charge in [0.15, 0.2) is 10.6 Å². The molecule has 1 fully saturated rings. The van der Waals surface area contributed by atoms with Gasteiger partial charge >= 0.3 is 0 Å². The highest BCUT2D eigenvalue weighted by Gasteiger charge is 2.20. The van der Waals surface area contributed by atoms with E-state index in [0.29, 0.717) is 10.7 Å². The molecule has 1 unspecified atom stereocenters. The van der Waals surface area contributed by atoms with Crippen LogP contribution in [0.5, 0.6) is 0 Å². The van der Waals surface area contributed by atoms with E-state index < -0.39 is 0 Å². The van der Waals surface area contributed by atoms with Crippen molar-refractivity contribution in [2.45, 2.75) is 19.4 Å². The molecule has 1 saturated heterocycles. The third kappa shape index (κ3) is 2.81. The van der Waals surface area contributed by atoms with Crippen molar-refractivity contribution < 1.29 is 0 Å². The van der Waals surface area contributed by atoms with Gasteiger partial charge in [-0.15, -0.1) is 0 Å². The highest BCUT2D eigenvalue weighted by atomic mass is 32.1. The van der Waals surface area contributed by atoms with E-state index in [9.17, 15) is 0 Å². The summed E-state index contributed by atoms with van der Waals surface area (Å²) in [6.07, 6.45) is 4.29. The van der Waals surface area contributed by atoms with E-state index in [4.69, 9.17) is 12.2 Å². The number of nitrogens with zero attached hydrogens (tertiary/aromatic N) is 4. The molecule has 1 aliphatic heterocycles. The molecule has 3 heterocycles. The quantitative estimate of drug-likeness (QED) is 0.881. The van der Waals surface area contributed by atoms with Crippen molar-refractivity contribution in [3.63, 3.8) is 0 Å². The number of rotatable bonds is 3. The Morgan fingerprint density at radius 3 is 3.10 bits per heavy atom. The Kier molecular flexibility index (Phi) is 3.93.